The van der Waals surface area contributed by atoms with Crippen molar-refractivity contribution in [2.24, 2.45) is 11.0 Å². The van der Waals surface area contributed by atoms with Crippen LogP contribution in [0.15, 0.2) is 29.2 Å². The second-order valence-corrected chi connectivity index (χ2v) is 4.13. The Morgan fingerprint density at radius 2 is 1.77 bits per heavy atom. The molecule has 72 valence electrons. The average molecular weight is 201 g/mol. The van der Waals surface area contributed by atoms with Crippen LogP contribution in [-0.4, -0.2) is 8.42 Å². The van der Waals surface area contributed by atoms with Gasteiger partial charge in [-0.15, -0.1) is 0 Å². The minimum Gasteiger partial charge on any atom is -0.271 e. The van der Waals surface area contributed by atoms with E-state index in [1.807, 2.05) is 0 Å². The van der Waals surface area contributed by atoms with Crippen molar-refractivity contribution in [3.05, 3.63) is 29.8 Å². The molecular weight excluding hydrogens is 190 g/mol. The van der Waals surface area contributed by atoms with E-state index in [0.717, 1.165) is 5.56 Å². The normalized spacial score (nSPS) is 11.5. The zero-order valence-electron chi connectivity index (χ0n) is 6.90. The zero-order valence-corrected chi connectivity index (χ0v) is 7.71. The summed E-state index contributed by atoms with van der Waals surface area (Å²) in [5, 5.41) is 4.91. The van der Waals surface area contributed by atoms with Gasteiger partial charge in [0.05, 0.1) is 4.90 Å². The van der Waals surface area contributed by atoms with E-state index >= 15 is 0 Å². The van der Waals surface area contributed by atoms with Crippen LogP contribution in [0.25, 0.3) is 0 Å². The largest absolute Gasteiger partial charge is 0.271 e. The van der Waals surface area contributed by atoms with Crippen LogP contribution in [-0.2, 0) is 16.6 Å². The molecule has 1 rings (SSSR count). The molecule has 13 heavy (non-hydrogen) atoms. The quantitative estimate of drug-likeness (QED) is 0.444. The molecule has 0 aliphatic carbocycles. The number of sulfonamides is 1. The number of nitrogens with one attached hydrogen (secondary N) is 1. The molecule has 0 spiro atoms. The Morgan fingerprint density at radius 3 is 2.15 bits per heavy atom. The van der Waals surface area contributed by atoms with E-state index in [1.54, 1.807) is 12.1 Å². The fraction of sp³-hybridized carbons (Fsp3) is 0.143. The molecular formula is C7H11N3O2S. The lowest BCUT2D eigenvalue weighted by molar-refractivity contribution is 0.597. The molecule has 0 aliphatic heterocycles. The molecule has 0 atom stereocenters. The smallest absolute Gasteiger partial charge is 0.238 e. The Morgan fingerprint density at radius 1 is 1.23 bits per heavy atom. The molecule has 0 fully saturated rings. The first-order valence-electron chi connectivity index (χ1n) is 3.59. The van der Waals surface area contributed by atoms with Crippen LogP contribution in [0.3, 0.4) is 0 Å². The molecule has 5 nitrogen and oxygen atoms in total. The number of primary sulfonamides is 1. The number of hydrazine groups is 1. The minimum absolute atomic E-state index is 0.105. The highest BCUT2D eigenvalue weighted by Gasteiger charge is 2.05. The van der Waals surface area contributed by atoms with Gasteiger partial charge in [-0.25, -0.2) is 13.6 Å². The summed E-state index contributed by atoms with van der Waals surface area (Å²) >= 11 is 0. The summed E-state index contributed by atoms with van der Waals surface area (Å²) in [7, 11) is -3.59. The van der Waals surface area contributed by atoms with Crippen molar-refractivity contribution in [3.8, 4) is 0 Å². The van der Waals surface area contributed by atoms with E-state index in [1.165, 1.54) is 12.1 Å². The molecule has 0 aliphatic rings. The fourth-order valence-corrected chi connectivity index (χ4v) is 1.43. The Bertz CT molecular complexity index is 371. The number of rotatable bonds is 3. The van der Waals surface area contributed by atoms with Gasteiger partial charge in [0.25, 0.3) is 0 Å². The lowest BCUT2D eigenvalue weighted by atomic mass is 10.2. The summed E-state index contributed by atoms with van der Waals surface area (Å²) in [6.45, 7) is 0.491. The fourth-order valence-electron chi connectivity index (χ4n) is 0.915. The Labute approximate surface area is 76.8 Å². The van der Waals surface area contributed by atoms with Gasteiger partial charge in [0.15, 0.2) is 0 Å². The molecule has 0 radical (unpaired) electrons. The molecule has 0 bridgehead atoms. The highest BCUT2D eigenvalue weighted by molar-refractivity contribution is 7.89. The van der Waals surface area contributed by atoms with Gasteiger partial charge in [-0.3, -0.25) is 11.3 Å². The highest BCUT2D eigenvalue weighted by Crippen LogP contribution is 2.07. The Hall–Kier alpha value is -0.950. The maximum Gasteiger partial charge on any atom is 0.238 e. The summed E-state index contributed by atoms with van der Waals surface area (Å²) in [6.07, 6.45) is 0. The van der Waals surface area contributed by atoms with Gasteiger partial charge in [-0.1, -0.05) is 12.1 Å². The zero-order chi connectivity index (χ0) is 9.90. The van der Waals surface area contributed by atoms with Crippen molar-refractivity contribution < 1.29 is 8.42 Å². The molecule has 0 amide bonds. The van der Waals surface area contributed by atoms with E-state index in [9.17, 15) is 8.42 Å². The third-order valence-corrected chi connectivity index (χ3v) is 2.49. The highest BCUT2D eigenvalue weighted by atomic mass is 32.2. The summed E-state index contributed by atoms with van der Waals surface area (Å²) in [6, 6.07) is 6.20. The Balaban J connectivity index is 2.94. The Kier molecular flexibility index (Phi) is 2.99. The maximum absolute atomic E-state index is 10.8. The second-order valence-electron chi connectivity index (χ2n) is 2.57. The van der Waals surface area contributed by atoms with Crippen molar-refractivity contribution in [2.45, 2.75) is 11.4 Å². The predicted octanol–water partition coefficient (Wildman–Crippen LogP) is -0.703. The number of nitrogens with two attached hydrogens (primary N) is 2. The number of hydrogen-bond acceptors (Lipinski definition) is 4. The van der Waals surface area contributed by atoms with E-state index in [2.05, 4.69) is 5.43 Å². The summed E-state index contributed by atoms with van der Waals surface area (Å²) < 4.78 is 21.7. The third kappa shape index (κ3) is 2.78. The van der Waals surface area contributed by atoms with Crippen molar-refractivity contribution in [2.75, 3.05) is 0 Å². The van der Waals surface area contributed by atoms with Gasteiger partial charge in [0, 0.05) is 6.54 Å². The minimum atomic E-state index is -3.59. The van der Waals surface area contributed by atoms with Crippen molar-refractivity contribution in [3.63, 3.8) is 0 Å². The van der Waals surface area contributed by atoms with E-state index < -0.39 is 10.0 Å². The third-order valence-electron chi connectivity index (χ3n) is 1.56. The second kappa shape index (κ2) is 3.84. The van der Waals surface area contributed by atoms with Crippen molar-refractivity contribution in [1.29, 1.82) is 0 Å². The van der Waals surface area contributed by atoms with Gasteiger partial charge in [0.2, 0.25) is 10.0 Å². The van der Waals surface area contributed by atoms with Crippen LogP contribution in [0.1, 0.15) is 5.56 Å². The monoisotopic (exact) mass is 201 g/mol. The average Bonchev–Trinajstić information content (AvgIpc) is 2.04. The first kappa shape index (κ1) is 10.1. The first-order chi connectivity index (χ1) is 6.04. The summed E-state index contributed by atoms with van der Waals surface area (Å²) in [5.41, 5.74) is 3.36. The molecule has 0 saturated heterocycles. The molecule has 1 aromatic carbocycles. The summed E-state index contributed by atoms with van der Waals surface area (Å²) in [4.78, 5) is 0.105. The maximum atomic E-state index is 10.8. The molecule has 0 heterocycles. The van der Waals surface area contributed by atoms with Gasteiger partial charge < -0.3 is 0 Å². The molecule has 6 heteroatoms. The molecule has 1 aromatic rings. The molecule has 0 saturated carbocycles. The SMILES string of the molecule is NNCc1ccc(S(N)(=O)=O)cc1. The van der Waals surface area contributed by atoms with Gasteiger partial charge in [0.1, 0.15) is 0 Å². The van der Waals surface area contributed by atoms with E-state index in [4.69, 9.17) is 11.0 Å². The van der Waals surface area contributed by atoms with Gasteiger partial charge >= 0.3 is 0 Å². The van der Waals surface area contributed by atoms with Crippen LogP contribution >= 0.6 is 0 Å². The number of benzene rings is 1. The molecule has 0 unspecified atom stereocenters. The van der Waals surface area contributed by atoms with Crippen LogP contribution < -0.4 is 16.4 Å². The van der Waals surface area contributed by atoms with Crippen LogP contribution in [0, 0.1) is 0 Å². The first-order valence-corrected chi connectivity index (χ1v) is 5.14. The van der Waals surface area contributed by atoms with E-state index in [-0.39, 0.29) is 4.90 Å². The lowest BCUT2D eigenvalue weighted by Gasteiger charge is -2.01. The molecule has 5 N–H and O–H groups in total. The van der Waals surface area contributed by atoms with E-state index in [0.29, 0.717) is 6.54 Å². The lowest BCUT2D eigenvalue weighted by Crippen LogP contribution is -2.20. The van der Waals surface area contributed by atoms with Crippen LogP contribution in [0.4, 0.5) is 0 Å². The van der Waals surface area contributed by atoms with Crippen LogP contribution in [0.2, 0.25) is 0 Å². The topological polar surface area (TPSA) is 98.2 Å². The van der Waals surface area contributed by atoms with Crippen molar-refractivity contribution in [1.82, 2.24) is 5.43 Å². The number of hydrogen-bond donors (Lipinski definition) is 3. The van der Waals surface area contributed by atoms with Crippen LogP contribution in [0.5, 0.6) is 0 Å². The van der Waals surface area contributed by atoms with Gasteiger partial charge in [-0.2, -0.15) is 0 Å². The van der Waals surface area contributed by atoms with Crippen molar-refractivity contribution >= 4 is 10.0 Å². The standard InChI is InChI=1S/C7H11N3O2S/c8-10-5-6-1-3-7(4-2-6)13(9,11)12/h1-4,10H,5,8H2,(H2,9,11,12). The van der Waals surface area contributed by atoms with Gasteiger partial charge in [-0.05, 0) is 17.7 Å². The summed E-state index contributed by atoms with van der Waals surface area (Å²) in [5.74, 6) is 5.09. The predicted molar refractivity (Wildman–Crippen MR) is 48.8 cm³/mol. The molecule has 0 aromatic heterocycles.